The Hall–Kier alpha value is -3.59. The van der Waals surface area contributed by atoms with Gasteiger partial charge in [-0.05, 0) is 85.6 Å². The zero-order valence-electron chi connectivity index (χ0n) is 23.7. The van der Waals surface area contributed by atoms with Crippen molar-refractivity contribution in [3.05, 3.63) is 76.1 Å². The van der Waals surface area contributed by atoms with Gasteiger partial charge in [-0.15, -0.1) is 10.2 Å². The molecule has 214 valence electrons. The number of hydrogen-bond acceptors (Lipinski definition) is 6. The number of carbonyl (C=O) groups excluding carboxylic acids is 2. The third-order valence-electron chi connectivity index (χ3n) is 8.96. The Balaban J connectivity index is 1.31. The highest BCUT2D eigenvalue weighted by atomic mass is 35.5. The molecular formula is C31H36ClN7O2. The van der Waals surface area contributed by atoms with Crippen LogP contribution in [-0.2, 0) is 11.3 Å². The van der Waals surface area contributed by atoms with E-state index in [0.29, 0.717) is 34.0 Å². The summed E-state index contributed by atoms with van der Waals surface area (Å²) in [5.74, 6) is 1.12. The second-order valence-electron chi connectivity index (χ2n) is 12.7. The minimum atomic E-state index is -0.579. The van der Waals surface area contributed by atoms with Crippen LogP contribution in [0.4, 0.5) is 0 Å². The number of carbonyl (C=O) groups is 2. The molecule has 2 amide bonds. The van der Waals surface area contributed by atoms with Crippen LogP contribution in [0.5, 0.6) is 0 Å². The number of tetrazole rings is 1. The fourth-order valence-corrected chi connectivity index (χ4v) is 6.71. The quantitative estimate of drug-likeness (QED) is 0.387. The van der Waals surface area contributed by atoms with Gasteiger partial charge in [-0.1, -0.05) is 61.9 Å². The molecule has 2 aromatic carbocycles. The maximum absolute atomic E-state index is 14.4. The van der Waals surface area contributed by atoms with Crippen LogP contribution in [0.15, 0.2) is 53.5 Å². The molecule has 6 rings (SSSR count). The molecule has 1 atom stereocenters. The summed E-state index contributed by atoms with van der Waals surface area (Å²) in [7, 11) is 0. The molecule has 1 aliphatic heterocycles. The van der Waals surface area contributed by atoms with Gasteiger partial charge in [0.1, 0.15) is 11.4 Å². The Bertz CT molecular complexity index is 1450. The van der Waals surface area contributed by atoms with Gasteiger partial charge in [0, 0.05) is 16.1 Å². The normalized spacial score (nSPS) is 23.5. The van der Waals surface area contributed by atoms with Crippen molar-refractivity contribution in [2.24, 2.45) is 22.2 Å². The second kappa shape index (κ2) is 10.7. The minimum absolute atomic E-state index is 0.0275. The first-order chi connectivity index (χ1) is 19.6. The van der Waals surface area contributed by atoms with Gasteiger partial charge in [0.25, 0.3) is 11.8 Å². The van der Waals surface area contributed by atoms with Gasteiger partial charge in [0.2, 0.25) is 0 Å². The Kier molecular flexibility index (Phi) is 7.18. The lowest BCUT2D eigenvalue weighted by Crippen LogP contribution is -2.52. The van der Waals surface area contributed by atoms with Crippen LogP contribution in [0.1, 0.15) is 92.6 Å². The van der Waals surface area contributed by atoms with Crippen molar-refractivity contribution in [3.63, 3.8) is 0 Å². The van der Waals surface area contributed by atoms with E-state index in [1.165, 1.54) is 0 Å². The summed E-state index contributed by atoms with van der Waals surface area (Å²) in [4.78, 5) is 34.5. The zero-order valence-corrected chi connectivity index (χ0v) is 24.5. The van der Waals surface area contributed by atoms with E-state index in [0.717, 1.165) is 49.7 Å². The van der Waals surface area contributed by atoms with Gasteiger partial charge in [-0.25, -0.2) is 0 Å². The third kappa shape index (κ3) is 5.52. The van der Waals surface area contributed by atoms with Crippen molar-refractivity contribution in [2.45, 2.75) is 77.5 Å². The fraction of sp³-hybridized carbons (Fsp3) is 0.484. The second-order valence-corrected chi connectivity index (χ2v) is 13.1. The highest BCUT2D eigenvalue weighted by Crippen LogP contribution is 2.54. The number of aromatic nitrogens is 4. The van der Waals surface area contributed by atoms with Crippen LogP contribution in [0.25, 0.3) is 0 Å². The molecule has 0 saturated heterocycles. The molecule has 10 heteroatoms. The van der Waals surface area contributed by atoms with E-state index < -0.39 is 5.66 Å². The average molecular weight is 574 g/mol. The fourth-order valence-electron chi connectivity index (χ4n) is 6.52. The molecule has 2 fully saturated rings. The Morgan fingerprint density at radius 3 is 2.46 bits per heavy atom. The summed E-state index contributed by atoms with van der Waals surface area (Å²) in [6.45, 7) is 7.11. The van der Waals surface area contributed by atoms with E-state index in [2.05, 4.69) is 51.6 Å². The molecule has 2 N–H and O–H groups in total. The predicted molar refractivity (Wildman–Crippen MR) is 156 cm³/mol. The molecule has 3 aliphatic rings. The number of amides is 2. The molecule has 2 heterocycles. The number of hydrogen-bond donors (Lipinski definition) is 2. The van der Waals surface area contributed by atoms with E-state index in [4.69, 9.17) is 16.6 Å². The lowest BCUT2D eigenvalue weighted by molar-refractivity contribution is -0.134. The first-order valence-electron chi connectivity index (χ1n) is 14.4. The predicted octanol–water partition coefficient (Wildman–Crippen LogP) is 5.50. The molecule has 0 radical (unpaired) electrons. The Morgan fingerprint density at radius 1 is 1.12 bits per heavy atom. The number of aliphatic imine (C=N–C) groups is 1. The Labute approximate surface area is 245 Å². The van der Waals surface area contributed by atoms with E-state index in [1.54, 1.807) is 0 Å². The highest BCUT2D eigenvalue weighted by molar-refractivity contribution is 6.47. The first-order valence-corrected chi connectivity index (χ1v) is 14.8. The van der Waals surface area contributed by atoms with Crippen molar-refractivity contribution < 1.29 is 9.59 Å². The topological polar surface area (TPSA) is 116 Å². The van der Waals surface area contributed by atoms with Crippen LogP contribution in [0.3, 0.4) is 0 Å². The number of rotatable bonds is 7. The monoisotopic (exact) mass is 573 g/mol. The summed E-state index contributed by atoms with van der Waals surface area (Å²) >= 11 is 6.34. The summed E-state index contributed by atoms with van der Waals surface area (Å²) in [5, 5.41) is 17.1. The lowest BCUT2D eigenvalue weighted by Gasteiger charge is -2.47. The maximum Gasteiger partial charge on any atom is 0.275 e. The van der Waals surface area contributed by atoms with Gasteiger partial charge in [-0.3, -0.25) is 14.6 Å². The summed E-state index contributed by atoms with van der Waals surface area (Å²) in [6.07, 6.45) is 5.85. The first kappa shape index (κ1) is 27.6. The molecule has 3 aromatic rings. The highest BCUT2D eigenvalue weighted by Gasteiger charge is 2.55. The molecule has 1 spiro atoms. The van der Waals surface area contributed by atoms with Gasteiger partial charge >= 0.3 is 0 Å². The van der Waals surface area contributed by atoms with E-state index in [-0.39, 0.29) is 29.8 Å². The van der Waals surface area contributed by atoms with Gasteiger partial charge < -0.3 is 10.2 Å². The van der Waals surface area contributed by atoms with E-state index >= 15 is 0 Å². The van der Waals surface area contributed by atoms with Crippen LogP contribution < -0.4 is 5.32 Å². The SMILES string of the molecule is CC(C)(C)C1CCC2(CC1)N=C(c1cccc(Cl)c1)C(=O)N2[C@@H](c1ccc(C(=O)NCc2nn[nH]n2)cc1)C1CC1. The van der Waals surface area contributed by atoms with Crippen LogP contribution >= 0.6 is 11.6 Å². The number of benzene rings is 2. The summed E-state index contributed by atoms with van der Waals surface area (Å²) < 4.78 is 0. The molecule has 0 bridgehead atoms. The Morgan fingerprint density at radius 2 is 1.85 bits per heavy atom. The maximum atomic E-state index is 14.4. The van der Waals surface area contributed by atoms with Crippen molar-refractivity contribution >= 4 is 29.1 Å². The standard InChI is InChI=1S/C31H36ClN7O2/c1-30(2,3)23-13-15-31(16-14-23)34-26(22-5-4-6-24(32)17-22)29(41)39(31)27(19-7-8-19)20-9-11-21(12-10-20)28(40)33-18-25-35-37-38-36-25/h4-6,9-12,17,19,23,27H,7-8,13-16,18H2,1-3H3,(H,33,40)(H,35,36,37,38)/t23?,27-,31?/m1/s1. The minimum Gasteiger partial charge on any atom is -0.345 e. The lowest BCUT2D eigenvalue weighted by atomic mass is 9.69. The van der Waals surface area contributed by atoms with Crippen molar-refractivity contribution in [3.8, 4) is 0 Å². The van der Waals surface area contributed by atoms with Crippen molar-refractivity contribution in [2.75, 3.05) is 0 Å². The van der Waals surface area contributed by atoms with Crippen LogP contribution in [0.2, 0.25) is 5.02 Å². The zero-order chi connectivity index (χ0) is 28.8. The largest absolute Gasteiger partial charge is 0.345 e. The molecule has 0 unspecified atom stereocenters. The average Bonchev–Trinajstić information content (AvgIpc) is 3.58. The van der Waals surface area contributed by atoms with E-state index in [1.807, 2.05) is 48.5 Å². The molecule has 1 aromatic heterocycles. The molecule has 2 aliphatic carbocycles. The summed E-state index contributed by atoms with van der Waals surface area (Å²) in [5.41, 5.74) is 2.48. The van der Waals surface area contributed by atoms with E-state index in [9.17, 15) is 9.59 Å². The number of aromatic amines is 1. The van der Waals surface area contributed by atoms with Crippen LogP contribution in [-0.4, -0.2) is 48.7 Å². The smallest absolute Gasteiger partial charge is 0.275 e. The molecule has 9 nitrogen and oxygen atoms in total. The number of nitrogens with one attached hydrogen (secondary N) is 2. The third-order valence-corrected chi connectivity index (χ3v) is 9.19. The summed E-state index contributed by atoms with van der Waals surface area (Å²) in [6, 6.07) is 15.0. The number of nitrogens with zero attached hydrogens (tertiary/aromatic N) is 5. The number of H-pyrrole nitrogens is 1. The van der Waals surface area contributed by atoms with Gasteiger partial charge in [0.15, 0.2) is 5.82 Å². The van der Waals surface area contributed by atoms with Gasteiger partial charge in [0.05, 0.1) is 12.6 Å². The van der Waals surface area contributed by atoms with Gasteiger partial charge in [-0.2, -0.15) is 5.21 Å². The van der Waals surface area contributed by atoms with Crippen LogP contribution in [0, 0.1) is 17.3 Å². The molecular weight excluding hydrogens is 538 g/mol. The van der Waals surface area contributed by atoms with Crippen molar-refractivity contribution in [1.29, 1.82) is 0 Å². The van der Waals surface area contributed by atoms with Crippen molar-refractivity contribution in [1.82, 2.24) is 30.8 Å². The number of halogens is 1. The molecule has 41 heavy (non-hydrogen) atoms. The molecule has 2 saturated carbocycles.